The SMILES string of the molecule is NC[C@H]1CC[C@@H](C(=O)N(CCc2ccccc2F)C2CCCC2)O1. The summed E-state index contributed by atoms with van der Waals surface area (Å²) in [6.07, 6.45) is 6.14. The largest absolute Gasteiger partial charge is 0.364 e. The van der Waals surface area contributed by atoms with Crippen molar-refractivity contribution in [2.24, 2.45) is 5.73 Å². The van der Waals surface area contributed by atoms with E-state index >= 15 is 0 Å². The first-order valence-corrected chi connectivity index (χ1v) is 9.08. The van der Waals surface area contributed by atoms with E-state index in [1.807, 2.05) is 11.0 Å². The van der Waals surface area contributed by atoms with Crippen LogP contribution in [0, 0.1) is 5.82 Å². The fraction of sp³-hybridized carbons (Fsp3) is 0.632. The summed E-state index contributed by atoms with van der Waals surface area (Å²) in [7, 11) is 0. The standard InChI is InChI=1S/C19H27FN2O2/c20-17-8-4-1-5-14(17)11-12-22(15-6-2-3-7-15)19(23)18-10-9-16(13-21)24-18/h1,4-5,8,15-16,18H,2-3,6-7,9-13,21H2/t16-,18+/m1/s1. The zero-order chi connectivity index (χ0) is 16.9. The molecule has 132 valence electrons. The van der Waals surface area contributed by atoms with Crippen molar-refractivity contribution in [3.63, 3.8) is 0 Å². The van der Waals surface area contributed by atoms with Crippen LogP contribution < -0.4 is 5.73 Å². The summed E-state index contributed by atoms with van der Waals surface area (Å²) in [6, 6.07) is 7.07. The second-order valence-corrected chi connectivity index (χ2v) is 6.87. The maximum Gasteiger partial charge on any atom is 0.251 e. The Morgan fingerprint density at radius 1 is 1.21 bits per heavy atom. The van der Waals surface area contributed by atoms with E-state index in [0.717, 1.165) is 38.5 Å². The molecule has 24 heavy (non-hydrogen) atoms. The number of nitrogens with two attached hydrogens (primary N) is 1. The Morgan fingerprint density at radius 2 is 1.96 bits per heavy atom. The maximum atomic E-state index is 13.9. The molecule has 2 N–H and O–H groups in total. The van der Waals surface area contributed by atoms with Crippen LogP contribution in [-0.2, 0) is 16.0 Å². The molecule has 1 aromatic rings. The molecule has 0 aromatic heterocycles. The molecule has 1 aliphatic heterocycles. The third kappa shape index (κ3) is 3.95. The molecule has 1 aromatic carbocycles. The van der Waals surface area contributed by atoms with Crippen LogP contribution in [0.4, 0.5) is 4.39 Å². The first-order chi connectivity index (χ1) is 11.7. The molecule has 3 rings (SSSR count). The van der Waals surface area contributed by atoms with Gasteiger partial charge >= 0.3 is 0 Å². The number of halogens is 1. The molecule has 2 atom stereocenters. The molecule has 2 aliphatic rings. The summed E-state index contributed by atoms with van der Waals surface area (Å²) >= 11 is 0. The van der Waals surface area contributed by atoms with Gasteiger partial charge in [-0.15, -0.1) is 0 Å². The summed E-state index contributed by atoms with van der Waals surface area (Å²) in [6.45, 7) is 1.01. The highest BCUT2D eigenvalue weighted by molar-refractivity contribution is 5.81. The molecule has 0 radical (unpaired) electrons. The van der Waals surface area contributed by atoms with Crippen molar-refractivity contribution in [2.75, 3.05) is 13.1 Å². The summed E-state index contributed by atoms with van der Waals surface area (Å²) in [4.78, 5) is 14.9. The molecule has 0 spiro atoms. The quantitative estimate of drug-likeness (QED) is 0.870. The average Bonchev–Trinajstić information content (AvgIpc) is 3.28. The van der Waals surface area contributed by atoms with Crippen LogP contribution in [0.1, 0.15) is 44.1 Å². The van der Waals surface area contributed by atoms with Gasteiger partial charge in [0.2, 0.25) is 0 Å². The number of ether oxygens (including phenoxy) is 1. The van der Waals surface area contributed by atoms with E-state index in [-0.39, 0.29) is 30.0 Å². The fourth-order valence-electron chi connectivity index (χ4n) is 3.88. The first-order valence-electron chi connectivity index (χ1n) is 9.08. The van der Waals surface area contributed by atoms with E-state index in [9.17, 15) is 9.18 Å². The van der Waals surface area contributed by atoms with E-state index in [4.69, 9.17) is 10.5 Å². The molecule has 1 saturated heterocycles. The topological polar surface area (TPSA) is 55.6 Å². The normalized spacial score (nSPS) is 24.4. The Kier molecular flexibility index (Phi) is 5.85. The van der Waals surface area contributed by atoms with Gasteiger partial charge in [-0.2, -0.15) is 0 Å². The number of hydrogen-bond donors (Lipinski definition) is 1. The van der Waals surface area contributed by atoms with Gasteiger partial charge in [0.15, 0.2) is 0 Å². The molecule has 4 nitrogen and oxygen atoms in total. The molecule has 0 unspecified atom stereocenters. The summed E-state index contributed by atoms with van der Waals surface area (Å²) in [5, 5.41) is 0. The molecule has 1 amide bonds. The Morgan fingerprint density at radius 3 is 2.62 bits per heavy atom. The van der Waals surface area contributed by atoms with E-state index in [0.29, 0.717) is 25.1 Å². The van der Waals surface area contributed by atoms with Gasteiger partial charge in [0.1, 0.15) is 11.9 Å². The van der Waals surface area contributed by atoms with Crippen LogP contribution in [0.15, 0.2) is 24.3 Å². The van der Waals surface area contributed by atoms with Crippen LogP contribution in [0.2, 0.25) is 0 Å². The predicted octanol–water partition coefficient (Wildman–Crippen LogP) is 2.65. The maximum absolute atomic E-state index is 13.9. The lowest BCUT2D eigenvalue weighted by Crippen LogP contribution is -2.46. The minimum atomic E-state index is -0.375. The first kappa shape index (κ1) is 17.4. The number of carbonyl (C=O) groups excluding carboxylic acids is 1. The molecule has 5 heteroatoms. The van der Waals surface area contributed by atoms with E-state index in [1.165, 1.54) is 6.07 Å². The van der Waals surface area contributed by atoms with Gasteiger partial charge < -0.3 is 15.4 Å². The highest BCUT2D eigenvalue weighted by Crippen LogP contribution is 2.28. The highest BCUT2D eigenvalue weighted by Gasteiger charge is 2.36. The summed E-state index contributed by atoms with van der Waals surface area (Å²) in [5.41, 5.74) is 6.32. The van der Waals surface area contributed by atoms with Gasteiger partial charge in [-0.1, -0.05) is 31.0 Å². The highest BCUT2D eigenvalue weighted by atomic mass is 19.1. The van der Waals surface area contributed by atoms with Crippen LogP contribution >= 0.6 is 0 Å². The van der Waals surface area contributed by atoms with Crippen LogP contribution in [0.3, 0.4) is 0 Å². The van der Waals surface area contributed by atoms with Crippen LogP contribution in [0.25, 0.3) is 0 Å². The molecule has 0 bridgehead atoms. The zero-order valence-electron chi connectivity index (χ0n) is 14.1. The third-order valence-corrected chi connectivity index (χ3v) is 5.27. The van der Waals surface area contributed by atoms with E-state index in [2.05, 4.69) is 0 Å². The molecule has 2 fully saturated rings. The van der Waals surface area contributed by atoms with Crippen molar-refractivity contribution in [1.82, 2.24) is 4.90 Å². The third-order valence-electron chi connectivity index (χ3n) is 5.27. The molecule has 1 heterocycles. The van der Waals surface area contributed by atoms with Crippen molar-refractivity contribution >= 4 is 5.91 Å². The lowest BCUT2D eigenvalue weighted by molar-refractivity contribution is -0.145. The number of nitrogens with zero attached hydrogens (tertiary/aromatic N) is 1. The number of amides is 1. The average molecular weight is 334 g/mol. The molecule has 1 saturated carbocycles. The van der Waals surface area contributed by atoms with E-state index in [1.54, 1.807) is 12.1 Å². The van der Waals surface area contributed by atoms with Crippen LogP contribution in [-0.4, -0.2) is 42.1 Å². The Bertz CT molecular complexity index is 560. The van der Waals surface area contributed by atoms with Gasteiger partial charge in [-0.3, -0.25) is 4.79 Å². The van der Waals surface area contributed by atoms with Gasteiger partial charge in [0, 0.05) is 19.1 Å². The number of carbonyl (C=O) groups is 1. The van der Waals surface area contributed by atoms with Gasteiger partial charge in [-0.05, 0) is 43.7 Å². The predicted molar refractivity (Wildman–Crippen MR) is 91.0 cm³/mol. The van der Waals surface area contributed by atoms with Gasteiger partial charge in [-0.25, -0.2) is 4.39 Å². The smallest absolute Gasteiger partial charge is 0.251 e. The molecular formula is C19H27FN2O2. The lowest BCUT2D eigenvalue weighted by Gasteiger charge is -2.31. The van der Waals surface area contributed by atoms with Gasteiger partial charge in [0.25, 0.3) is 5.91 Å². The van der Waals surface area contributed by atoms with Crippen molar-refractivity contribution in [3.8, 4) is 0 Å². The van der Waals surface area contributed by atoms with Crippen molar-refractivity contribution in [1.29, 1.82) is 0 Å². The Labute approximate surface area is 143 Å². The molecule has 1 aliphatic carbocycles. The molecular weight excluding hydrogens is 307 g/mol. The van der Waals surface area contributed by atoms with Crippen molar-refractivity contribution in [3.05, 3.63) is 35.6 Å². The van der Waals surface area contributed by atoms with Gasteiger partial charge in [0.05, 0.1) is 6.10 Å². The fourth-order valence-corrected chi connectivity index (χ4v) is 3.88. The Balaban J connectivity index is 1.67. The monoisotopic (exact) mass is 334 g/mol. The Hall–Kier alpha value is -1.46. The second kappa shape index (κ2) is 8.08. The van der Waals surface area contributed by atoms with Crippen LogP contribution in [0.5, 0.6) is 0 Å². The second-order valence-electron chi connectivity index (χ2n) is 6.87. The summed E-state index contributed by atoms with van der Waals surface area (Å²) in [5.74, 6) is -0.133. The van der Waals surface area contributed by atoms with E-state index < -0.39 is 0 Å². The van der Waals surface area contributed by atoms with Crippen molar-refractivity contribution in [2.45, 2.75) is 63.2 Å². The zero-order valence-corrected chi connectivity index (χ0v) is 14.1. The summed E-state index contributed by atoms with van der Waals surface area (Å²) < 4.78 is 19.7. The lowest BCUT2D eigenvalue weighted by atomic mass is 10.1. The number of hydrogen-bond acceptors (Lipinski definition) is 3. The number of benzene rings is 1. The van der Waals surface area contributed by atoms with Crippen molar-refractivity contribution < 1.29 is 13.9 Å². The minimum absolute atomic E-state index is 0.00375. The minimum Gasteiger partial charge on any atom is -0.364 e. The number of rotatable bonds is 6.